The fourth-order valence-electron chi connectivity index (χ4n) is 2.73. The standard InChI is InChI=1S/C18H18ClNO2/c19-16-7-5-15(6-8-16)18(9-10-18)12-20-11-13-1-3-14(4-2-13)17(21)22/h1-8,20H,9-12H2,(H,21,22). The van der Waals surface area contributed by atoms with E-state index in [0.29, 0.717) is 5.56 Å². The van der Waals surface area contributed by atoms with Gasteiger partial charge in [0, 0.05) is 23.5 Å². The van der Waals surface area contributed by atoms with Crippen molar-refractivity contribution in [3.63, 3.8) is 0 Å². The molecule has 3 nitrogen and oxygen atoms in total. The van der Waals surface area contributed by atoms with Crippen LogP contribution in [0, 0.1) is 0 Å². The van der Waals surface area contributed by atoms with Crippen molar-refractivity contribution >= 4 is 17.6 Å². The van der Waals surface area contributed by atoms with Gasteiger partial charge in [-0.15, -0.1) is 0 Å². The predicted octanol–water partition coefficient (Wildman–Crippen LogP) is 3.86. The van der Waals surface area contributed by atoms with E-state index >= 15 is 0 Å². The van der Waals surface area contributed by atoms with Crippen molar-refractivity contribution in [2.45, 2.75) is 24.8 Å². The second-order valence-electron chi connectivity index (χ2n) is 5.89. The number of carboxylic acid groups (broad SMARTS) is 1. The fraction of sp³-hybridized carbons (Fsp3) is 0.278. The first-order valence-electron chi connectivity index (χ1n) is 7.38. The number of carbonyl (C=O) groups is 1. The number of aromatic carboxylic acids is 1. The third-order valence-corrected chi connectivity index (χ3v) is 4.56. The van der Waals surface area contributed by atoms with Gasteiger partial charge in [-0.05, 0) is 48.2 Å². The second kappa shape index (κ2) is 6.11. The number of rotatable bonds is 6. The molecule has 0 bridgehead atoms. The maximum Gasteiger partial charge on any atom is 0.335 e. The molecule has 1 aliphatic carbocycles. The van der Waals surface area contributed by atoms with Gasteiger partial charge in [0.05, 0.1) is 5.56 Å². The van der Waals surface area contributed by atoms with E-state index in [4.69, 9.17) is 16.7 Å². The highest BCUT2D eigenvalue weighted by Crippen LogP contribution is 2.47. The molecule has 0 saturated heterocycles. The van der Waals surface area contributed by atoms with Crippen molar-refractivity contribution in [1.29, 1.82) is 0 Å². The van der Waals surface area contributed by atoms with Gasteiger partial charge >= 0.3 is 5.97 Å². The Kier molecular flexibility index (Phi) is 4.19. The molecule has 0 aliphatic heterocycles. The molecule has 0 aromatic heterocycles. The molecule has 3 rings (SSSR count). The van der Waals surface area contributed by atoms with Crippen LogP contribution in [0.15, 0.2) is 48.5 Å². The zero-order valence-corrected chi connectivity index (χ0v) is 12.9. The summed E-state index contributed by atoms with van der Waals surface area (Å²) >= 11 is 5.94. The minimum absolute atomic E-state index is 0.242. The van der Waals surface area contributed by atoms with E-state index in [2.05, 4.69) is 17.4 Å². The molecule has 4 heteroatoms. The van der Waals surface area contributed by atoms with Gasteiger partial charge in [0.15, 0.2) is 0 Å². The molecule has 114 valence electrons. The van der Waals surface area contributed by atoms with Gasteiger partial charge in [0.25, 0.3) is 0 Å². The lowest BCUT2D eigenvalue weighted by atomic mass is 9.96. The number of carboxylic acids is 1. The lowest BCUT2D eigenvalue weighted by Crippen LogP contribution is -2.26. The van der Waals surface area contributed by atoms with Crippen LogP contribution in [0.4, 0.5) is 0 Å². The molecule has 2 aromatic rings. The molecule has 0 spiro atoms. The van der Waals surface area contributed by atoms with E-state index in [9.17, 15) is 4.79 Å². The Bertz CT molecular complexity index is 660. The van der Waals surface area contributed by atoms with Crippen molar-refractivity contribution < 1.29 is 9.90 Å². The third kappa shape index (κ3) is 3.32. The SMILES string of the molecule is O=C(O)c1ccc(CNCC2(c3ccc(Cl)cc3)CC2)cc1. The Hall–Kier alpha value is -1.84. The van der Waals surface area contributed by atoms with E-state index in [1.165, 1.54) is 18.4 Å². The van der Waals surface area contributed by atoms with Crippen LogP contribution in [-0.4, -0.2) is 17.6 Å². The lowest BCUT2D eigenvalue weighted by Gasteiger charge is -2.17. The summed E-state index contributed by atoms with van der Waals surface area (Å²) < 4.78 is 0. The van der Waals surface area contributed by atoms with Crippen molar-refractivity contribution in [3.8, 4) is 0 Å². The van der Waals surface area contributed by atoms with E-state index in [-0.39, 0.29) is 5.41 Å². The maximum absolute atomic E-state index is 10.8. The molecule has 0 amide bonds. The quantitative estimate of drug-likeness (QED) is 0.851. The molecule has 2 N–H and O–H groups in total. The number of hydrogen-bond acceptors (Lipinski definition) is 2. The summed E-state index contributed by atoms with van der Waals surface area (Å²) in [6.07, 6.45) is 2.39. The third-order valence-electron chi connectivity index (χ3n) is 4.30. The Morgan fingerprint density at radius 2 is 1.73 bits per heavy atom. The molecular weight excluding hydrogens is 298 g/mol. The summed E-state index contributed by atoms with van der Waals surface area (Å²) in [5, 5.41) is 13.1. The smallest absolute Gasteiger partial charge is 0.335 e. The number of benzene rings is 2. The summed E-state index contributed by atoms with van der Waals surface area (Å²) in [5.41, 5.74) is 3.00. The molecule has 0 heterocycles. The zero-order valence-electron chi connectivity index (χ0n) is 12.2. The van der Waals surface area contributed by atoms with Crippen LogP contribution in [0.5, 0.6) is 0 Å². The van der Waals surface area contributed by atoms with Gasteiger partial charge in [-0.2, -0.15) is 0 Å². The van der Waals surface area contributed by atoms with Crippen molar-refractivity contribution in [1.82, 2.24) is 5.32 Å². The van der Waals surface area contributed by atoms with E-state index in [1.807, 2.05) is 24.3 Å². The van der Waals surface area contributed by atoms with Gasteiger partial charge in [0.1, 0.15) is 0 Å². The molecule has 2 aromatic carbocycles. The Morgan fingerprint density at radius 1 is 1.09 bits per heavy atom. The van der Waals surface area contributed by atoms with Crippen LogP contribution < -0.4 is 5.32 Å². The zero-order chi connectivity index (χ0) is 15.6. The van der Waals surface area contributed by atoms with E-state index in [1.54, 1.807) is 12.1 Å². The first-order chi connectivity index (χ1) is 10.6. The molecule has 0 atom stereocenters. The molecule has 1 fully saturated rings. The van der Waals surface area contributed by atoms with Crippen LogP contribution in [0.1, 0.15) is 34.3 Å². The van der Waals surface area contributed by atoms with Crippen LogP contribution >= 0.6 is 11.6 Å². The highest BCUT2D eigenvalue weighted by Gasteiger charge is 2.43. The van der Waals surface area contributed by atoms with Crippen LogP contribution in [0.25, 0.3) is 0 Å². The second-order valence-corrected chi connectivity index (χ2v) is 6.33. The van der Waals surface area contributed by atoms with Crippen LogP contribution in [0.2, 0.25) is 5.02 Å². The highest BCUT2D eigenvalue weighted by molar-refractivity contribution is 6.30. The molecule has 0 radical (unpaired) electrons. The average Bonchev–Trinajstić information content (AvgIpc) is 3.29. The summed E-state index contributed by atoms with van der Waals surface area (Å²) in [5.74, 6) is -0.890. The molecule has 22 heavy (non-hydrogen) atoms. The summed E-state index contributed by atoms with van der Waals surface area (Å²) in [6.45, 7) is 1.67. The van der Waals surface area contributed by atoms with Gasteiger partial charge in [-0.3, -0.25) is 0 Å². The number of hydrogen-bond donors (Lipinski definition) is 2. The first kappa shape index (κ1) is 15.1. The van der Waals surface area contributed by atoms with Gasteiger partial charge in [0.2, 0.25) is 0 Å². The highest BCUT2D eigenvalue weighted by atomic mass is 35.5. The first-order valence-corrected chi connectivity index (χ1v) is 7.76. The maximum atomic E-state index is 10.8. The Labute approximate surface area is 134 Å². The topological polar surface area (TPSA) is 49.3 Å². The van der Waals surface area contributed by atoms with E-state index < -0.39 is 5.97 Å². The predicted molar refractivity (Wildman–Crippen MR) is 87.5 cm³/mol. The summed E-state index contributed by atoms with van der Waals surface area (Å²) in [6, 6.07) is 15.1. The minimum Gasteiger partial charge on any atom is -0.478 e. The average molecular weight is 316 g/mol. The number of halogens is 1. The van der Waals surface area contributed by atoms with Gasteiger partial charge in [-0.1, -0.05) is 35.9 Å². The molecule has 0 unspecified atom stereocenters. The van der Waals surface area contributed by atoms with Crippen LogP contribution in [0.3, 0.4) is 0 Å². The van der Waals surface area contributed by atoms with Gasteiger partial charge in [-0.25, -0.2) is 4.79 Å². The Balaban J connectivity index is 1.56. The molecule has 1 aliphatic rings. The summed E-state index contributed by atoms with van der Waals surface area (Å²) in [4.78, 5) is 10.8. The fourth-order valence-corrected chi connectivity index (χ4v) is 2.86. The molecular formula is C18H18ClNO2. The Morgan fingerprint density at radius 3 is 2.27 bits per heavy atom. The van der Waals surface area contributed by atoms with Gasteiger partial charge < -0.3 is 10.4 Å². The normalized spacial score (nSPS) is 15.5. The van der Waals surface area contributed by atoms with Crippen molar-refractivity contribution in [2.24, 2.45) is 0 Å². The molecule has 1 saturated carbocycles. The van der Waals surface area contributed by atoms with Crippen LogP contribution in [-0.2, 0) is 12.0 Å². The minimum atomic E-state index is -0.890. The number of nitrogens with one attached hydrogen (secondary N) is 1. The van der Waals surface area contributed by atoms with Crippen molar-refractivity contribution in [2.75, 3.05) is 6.54 Å². The summed E-state index contributed by atoms with van der Waals surface area (Å²) in [7, 11) is 0. The van der Waals surface area contributed by atoms with E-state index in [0.717, 1.165) is 23.7 Å². The largest absolute Gasteiger partial charge is 0.478 e. The lowest BCUT2D eigenvalue weighted by molar-refractivity contribution is 0.0697. The van der Waals surface area contributed by atoms with Crippen molar-refractivity contribution in [3.05, 3.63) is 70.2 Å². The monoisotopic (exact) mass is 315 g/mol.